The van der Waals surface area contributed by atoms with Crippen LogP contribution >= 0.6 is 23.5 Å². The summed E-state index contributed by atoms with van der Waals surface area (Å²) in [6.07, 6.45) is 10.9. The molecule has 0 saturated heterocycles. The summed E-state index contributed by atoms with van der Waals surface area (Å²) in [5.74, 6) is 3.41. The Kier molecular flexibility index (Phi) is 15.6. The molecule has 0 heterocycles. The van der Waals surface area contributed by atoms with E-state index in [1.165, 1.54) is 25.7 Å². The van der Waals surface area contributed by atoms with Crippen molar-refractivity contribution in [1.82, 2.24) is 0 Å². The van der Waals surface area contributed by atoms with Gasteiger partial charge >= 0.3 is 0 Å². The van der Waals surface area contributed by atoms with Gasteiger partial charge in [-0.1, -0.05) is 13.8 Å². The Morgan fingerprint density at radius 2 is 1.08 bits per heavy atom. The standard InChI is InChI=1S/C20H40O4S2/c1-5-19(21-11-13-25-3)23-15-17-7-9-18(10-8-17)16-24-20(6-2)22-12-14-26-4/h17-20H,5-16H2,1-4H3. The van der Waals surface area contributed by atoms with E-state index in [4.69, 9.17) is 18.9 Å². The van der Waals surface area contributed by atoms with Gasteiger partial charge in [0.25, 0.3) is 0 Å². The monoisotopic (exact) mass is 408 g/mol. The quantitative estimate of drug-likeness (QED) is 0.262. The summed E-state index contributed by atoms with van der Waals surface area (Å²) in [4.78, 5) is 0. The van der Waals surface area contributed by atoms with Gasteiger partial charge in [-0.2, -0.15) is 23.5 Å². The molecule has 2 atom stereocenters. The Hall–Kier alpha value is 0.540. The van der Waals surface area contributed by atoms with E-state index in [0.29, 0.717) is 11.8 Å². The molecule has 1 aliphatic rings. The van der Waals surface area contributed by atoms with Crippen LogP contribution in [0, 0.1) is 11.8 Å². The molecule has 2 unspecified atom stereocenters. The third kappa shape index (κ3) is 11.4. The Balaban J connectivity index is 2.13. The summed E-state index contributed by atoms with van der Waals surface area (Å²) in [7, 11) is 0. The average Bonchev–Trinajstić information content (AvgIpc) is 2.68. The Morgan fingerprint density at radius 1 is 0.692 bits per heavy atom. The van der Waals surface area contributed by atoms with Gasteiger partial charge in [-0.15, -0.1) is 0 Å². The minimum absolute atomic E-state index is 0.0352. The second kappa shape index (κ2) is 16.5. The summed E-state index contributed by atoms with van der Waals surface area (Å²) >= 11 is 3.62. The van der Waals surface area contributed by atoms with Crippen LogP contribution < -0.4 is 0 Å². The number of hydrogen-bond donors (Lipinski definition) is 0. The number of rotatable bonds is 16. The van der Waals surface area contributed by atoms with Crippen LogP contribution in [0.2, 0.25) is 0 Å². The first-order chi connectivity index (χ1) is 12.7. The molecule has 0 aromatic carbocycles. The molecule has 1 saturated carbocycles. The predicted molar refractivity (Wildman–Crippen MR) is 114 cm³/mol. The van der Waals surface area contributed by atoms with E-state index >= 15 is 0 Å². The van der Waals surface area contributed by atoms with Gasteiger partial charge < -0.3 is 18.9 Å². The third-order valence-electron chi connectivity index (χ3n) is 4.85. The Morgan fingerprint density at radius 3 is 1.38 bits per heavy atom. The van der Waals surface area contributed by atoms with Crippen LogP contribution in [0.25, 0.3) is 0 Å². The fourth-order valence-electron chi connectivity index (χ4n) is 3.15. The summed E-state index contributed by atoms with van der Waals surface area (Å²) in [5.41, 5.74) is 0. The zero-order valence-electron chi connectivity index (χ0n) is 17.2. The molecule has 0 N–H and O–H groups in total. The molecule has 0 aromatic rings. The molecule has 156 valence electrons. The fraction of sp³-hybridized carbons (Fsp3) is 1.00. The van der Waals surface area contributed by atoms with Crippen molar-refractivity contribution >= 4 is 23.5 Å². The highest BCUT2D eigenvalue weighted by atomic mass is 32.2. The Labute approximate surface area is 169 Å². The van der Waals surface area contributed by atoms with Crippen LogP contribution in [-0.4, -0.2) is 63.0 Å². The minimum Gasteiger partial charge on any atom is -0.352 e. The molecule has 26 heavy (non-hydrogen) atoms. The van der Waals surface area contributed by atoms with Gasteiger partial charge in [0.2, 0.25) is 0 Å². The van der Waals surface area contributed by atoms with Crippen LogP contribution in [-0.2, 0) is 18.9 Å². The predicted octanol–water partition coefficient (Wildman–Crippen LogP) is 5.06. The highest BCUT2D eigenvalue weighted by Gasteiger charge is 2.23. The van der Waals surface area contributed by atoms with Gasteiger partial charge in [0, 0.05) is 11.5 Å². The highest BCUT2D eigenvalue weighted by Crippen LogP contribution is 2.30. The maximum atomic E-state index is 6.00. The first-order valence-electron chi connectivity index (χ1n) is 10.2. The topological polar surface area (TPSA) is 36.9 Å². The van der Waals surface area contributed by atoms with Crippen molar-refractivity contribution in [2.45, 2.75) is 65.0 Å². The lowest BCUT2D eigenvalue weighted by Gasteiger charge is -2.30. The van der Waals surface area contributed by atoms with Crippen molar-refractivity contribution in [3.8, 4) is 0 Å². The molecule has 0 radical (unpaired) electrons. The number of ether oxygens (including phenoxy) is 4. The van der Waals surface area contributed by atoms with E-state index in [2.05, 4.69) is 26.4 Å². The second-order valence-corrected chi connectivity index (χ2v) is 8.93. The van der Waals surface area contributed by atoms with Crippen LogP contribution in [0.1, 0.15) is 52.4 Å². The van der Waals surface area contributed by atoms with Crippen LogP contribution in [0.5, 0.6) is 0 Å². The smallest absolute Gasteiger partial charge is 0.157 e. The lowest BCUT2D eigenvalue weighted by Crippen LogP contribution is -2.27. The molecule has 0 bridgehead atoms. The summed E-state index contributed by atoms with van der Waals surface area (Å²) in [6.45, 7) is 7.48. The zero-order chi connectivity index (χ0) is 19.0. The van der Waals surface area contributed by atoms with Crippen LogP contribution in [0.15, 0.2) is 0 Å². The molecule has 1 rings (SSSR count). The first kappa shape index (κ1) is 24.6. The van der Waals surface area contributed by atoms with E-state index in [1.54, 1.807) is 0 Å². The van der Waals surface area contributed by atoms with E-state index in [-0.39, 0.29) is 12.6 Å². The van der Waals surface area contributed by atoms with E-state index in [9.17, 15) is 0 Å². The van der Waals surface area contributed by atoms with Gasteiger partial charge in [-0.3, -0.25) is 0 Å². The maximum Gasteiger partial charge on any atom is 0.157 e. The molecule has 0 amide bonds. The lowest BCUT2D eigenvalue weighted by atomic mass is 9.83. The summed E-state index contributed by atoms with van der Waals surface area (Å²) < 4.78 is 23.6. The molecule has 6 heteroatoms. The van der Waals surface area contributed by atoms with E-state index in [0.717, 1.165) is 50.8 Å². The van der Waals surface area contributed by atoms with Gasteiger partial charge in [-0.25, -0.2) is 0 Å². The molecule has 0 aromatic heterocycles. The average molecular weight is 409 g/mol. The molecular weight excluding hydrogens is 368 g/mol. The van der Waals surface area contributed by atoms with Gasteiger partial charge in [0.05, 0.1) is 26.4 Å². The summed E-state index contributed by atoms with van der Waals surface area (Å²) in [5, 5.41) is 0. The molecule has 1 fully saturated rings. The van der Waals surface area contributed by atoms with Crippen molar-refractivity contribution in [3.63, 3.8) is 0 Å². The normalized spacial score (nSPS) is 23.1. The second-order valence-electron chi connectivity index (χ2n) is 6.96. The Bertz CT molecular complexity index is 282. The van der Waals surface area contributed by atoms with Crippen LogP contribution in [0.4, 0.5) is 0 Å². The molecular formula is C20H40O4S2. The fourth-order valence-corrected chi connectivity index (χ4v) is 3.67. The van der Waals surface area contributed by atoms with Crippen molar-refractivity contribution in [1.29, 1.82) is 0 Å². The maximum absolute atomic E-state index is 6.00. The zero-order valence-corrected chi connectivity index (χ0v) is 18.9. The molecule has 0 aliphatic heterocycles. The van der Waals surface area contributed by atoms with Crippen molar-refractivity contribution < 1.29 is 18.9 Å². The van der Waals surface area contributed by atoms with Gasteiger partial charge in [-0.05, 0) is 62.9 Å². The first-order valence-corrected chi connectivity index (χ1v) is 13.0. The van der Waals surface area contributed by atoms with Crippen molar-refractivity contribution in [3.05, 3.63) is 0 Å². The highest BCUT2D eigenvalue weighted by molar-refractivity contribution is 7.98. The van der Waals surface area contributed by atoms with E-state index in [1.807, 2.05) is 23.5 Å². The number of thioether (sulfide) groups is 2. The van der Waals surface area contributed by atoms with Crippen molar-refractivity contribution in [2.75, 3.05) is 50.4 Å². The van der Waals surface area contributed by atoms with E-state index < -0.39 is 0 Å². The van der Waals surface area contributed by atoms with Crippen molar-refractivity contribution in [2.24, 2.45) is 11.8 Å². The summed E-state index contributed by atoms with van der Waals surface area (Å²) in [6, 6.07) is 0. The largest absolute Gasteiger partial charge is 0.352 e. The number of hydrogen-bond acceptors (Lipinski definition) is 6. The molecule has 4 nitrogen and oxygen atoms in total. The van der Waals surface area contributed by atoms with Crippen LogP contribution in [0.3, 0.4) is 0 Å². The third-order valence-corrected chi connectivity index (χ3v) is 6.00. The van der Waals surface area contributed by atoms with Gasteiger partial charge in [0.15, 0.2) is 12.6 Å². The molecule has 1 aliphatic carbocycles. The SMILES string of the molecule is CCC(OCCSC)OCC1CCC(COC(CC)OCCSC)CC1. The molecule has 0 spiro atoms. The van der Waals surface area contributed by atoms with Gasteiger partial charge in [0.1, 0.15) is 0 Å². The minimum atomic E-state index is -0.0352. The lowest BCUT2D eigenvalue weighted by molar-refractivity contribution is -0.156.